The molecule has 2 heterocycles. The normalized spacial score (nSPS) is 18.6. The number of hydrogen-bond acceptors (Lipinski definition) is 3. The van der Waals surface area contributed by atoms with E-state index >= 15 is 0 Å². The van der Waals surface area contributed by atoms with Gasteiger partial charge in [0.2, 0.25) is 5.91 Å². The second kappa shape index (κ2) is 7.34. The number of aromatic nitrogens is 1. The summed E-state index contributed by atoms with van der Waals surface area (Å²) in [6, 6.07) is 4.83. The molecule has 146 valence electrons. The van der Waals surface area contributed by atoms with Crippen molar-refractivity contribution in [2.75, 3.05) is 13.2 Å². The minimum Gasteiger partial charge on any atom is -0.381 e. The van der Waals surface area contributed by atoms with Crippen molar-refractivity contribution in [3.05, 3.63) is 45.7 Å². The monoisotopic (exact) mass is 382 g/mol. The molecule has 2 atom stereocenters. The molecule has 27 heavy (non-hydrogen) atoms. The van der Waals surface area contributed by atoms with Gasteiger partial charge in [-0.2, -0.15) is 13.2 Å². The third kappa shape index (κ3) is 4.16. The Morgan fingerprint density at radius 2 is 2.11 bits per heavy atom. The van der Waals surface area contributed by atoms with Crippen LogP contribution in [0.1, 0.15) is 24.6 Å². The van der Waals surface area contributed by atoms with Crippen LogP contribution in [-0.2, 0) is 22.3 Å². The maximum atomic E-state index is 13.5. The number of nitrogens with zero attached hydrogens (tertiary/aromatic N) is 1. The number of ether oxygens (including phenoxy) is 1. The fourth-order valence-electron chi connectivity index (χ4n) is 3.35. The van der Waals surface area contributed by atoms with Crippen LogP contribution in [0.15, 0.2) is 29.1 Å². The van der Waals surface area contributed by atoms with Gasteiger partial charge in [0.15, 0.2) is 5.43 Å². The van der Waals surface area contributed by atoms with Gasteiger partial charge in [-0.05, 0) is 32.4 Å². The van der Waals surface area contributed by atoms with Gasteiger partial charge in [-0.15, -0.1) is 0 Å². The van der Waals surface area contributed by atoms with Crippen molar-refractivity contribution >= 4 is 16.8 Å². The SMILES string of the molecule is Cc1ccc2c(c1)c(=O)cc(C(F)(F)F)n2C[C@@H](C)NC(=O)C1CCOC1. The van der Waals surface area contributed by atoms with Gasteiger partial charge in [0.25, 0.3) is 0 Å². The van der Waals surface area contributed by atoms with Crippen LogP contribution in [0, 0.1) is 12.8 Å². The summed E-state index contributed by atoms with van der Waals surface area (Å²) in [4.78, 5) is 24.4. The molecular weight excluding hydrogens is 361 g/mol. The van der Waals surface area contributed by atoms with Crippen molar-refractivity contribution in [2.24, 2.45) is 5.92 Å². The lowest BCUT2D eigenvalue weighted by Gasteiger charge is -2.23. The van der Waals surface area contributed by atoms with Crippen molar-refractivity contribution < 1.29 is 22.7 Å². The Balaban J connectivity index is 1.97. The number of carbonyl (C=O) groups is 1. The summed E-state index contributed by atoms with van der Waals surface area (Å²) in [5, 5.41) is 2.98. The first-order chi connectivity index (χ1) is 12.7. The molecule has 1 aromatic heterocycles. The molecule has 1 fully saturated rings. The third-order valence-corrected chi connectivity index (χ3v) is 4.70. The van der Waals surface area contributed by atoms with E-state index < -0.39 is 23.3 Å². The molecule has 1 aliphatic rings. The average Bonchev–Trinajstić information content (AvgIpc) is 3.11. The number of fused-ring (bicyclic) bond motifs is 1. The minimum absolute atomic E-state index is 0.103. The zero-order valence-electron chi connectivity index (χ0n) is 15.1. The summed E-state index contributed by atoms with van der Waals surface area (Å²) < 4.78 is 46.8. The molecular formula is C19H21F3N2O3. The Morgan fingerprint density at radius 3 is 2.74 bits per heavy atom. The largest absolute Gasteiger partial charge is 0.431 e. The minimum atomic E-state index is -4.68. The molecule has 0 aliphatic carbocycles. The maximum Gasteiger partial charge on any atom is 0.431 e. The molecule has 1 aromatic carbocycles. The lowest BCUT2D eigenvalue weighted by Crippen LogP contribution is -2.40. The summed E-state index contributed by atoms with van der Waals surface area (Å²) in [5.41, 5.74) is -0.703. The summed E-state index contributed by atoms with van der Waals surface area (Å²) in [6.07, 6.45) is -4.08. The molecule has 8 heteroatoms. The van der Waals surface area contributed by atoms with Crippen LogP contribution in [0.5, 0.6) is 0 Å². The smallest absolute Gasteiger partial charge is 0.381 e. The first-order valence-corrected chi connectivity index (χ1v) is 8.76. The van der Waals surface area contributed by atoms with Crippen LogP contribution < -0.4 is 10.7 Å². The van der Waals surface area contributed by atoms with E-state index in [1.807, 2.05) is 0 Å². The highest BCUT2D eigenvalue weighted by atomic mass is 19.4. The number of amides is 1. The van der Waals surface area contributed by atoms with E-state index in [1.165, 1.54) is 6.07 Å². The van der Waals surface area contributed by atoms with Crippen LogP contribution in [0.4, 0.5) is 13.2 Å². The van der Waals surface area contributed by atoms with Gasteiger partial charge in [-0.1, -0.05) is 11.6 Å². The lowest BCUT2D eigenvalue weighted by atomic mass is 10.1. The van der Waals surface area contributed by atoms with E-state index in [9.17, 15) is 22.8 Å². The summed E-state index contributed by atoms with van der Waals surface area (Å²) in [6.45, 7) is 4.15. The first-order valence-electron chi connectivity index (χ1n) is 8.76. The van der Waals surface area contributed by atoms with Gasteiger partial charge in [0.05, 0.1) is 18.0 Å². The molecule has 0 bridgehead atoms. The number of halogens is 3. The Morgan fingerprint density at radius 1 is 1.37 bits per heavy atom. The maximum absolute atomic E-state index is 13.5. The lowest BCUT2D eigenvalue weighted by molar-refractivity contribution is -0.143. The van der Waals surface area contributed by atoms with E-state index in [1.54, 1.807) is 26.0 Å². The van der Waals surface area contributed by atoms with Crippen molar-refractivity contribution in [1.29, 1.82) is 0 Å². The quantitative estimate of drug-likeness (QED) is 0.885. The molecule has 5 nitrogen and oxygen atoms in total. The molecule has 0 spiro atoms. The number of benzene rings is 1. The highest BCUT2D eigenvalue weighted by Crippen LogP contribution is 2.31. The molecule has 1 aliphatic heterocycles. The predicted molar refractivity (Wildman–Crippen MR) is 94.5 cm³/mol. The average molecular weight is 382 g/mol. The Labute approximate surface area is 154 Å². The summed E-state index contributed by atoms with van der Waals surface area (Å²) in [5.74, 6) is -0.502. The van der Waals surface area contributed by atoms with Gasteiger partial charge in [-0.3, -0.25) is 9.59 Å². The fraction of sp³-hybridized carbons (Fsp3) is 0.474. The molecule has 1 N–H and O–H groups in total. The number of rotatable bonds is 4. The number of hydrogen-bond donors (Lipinski definition) is 1. The molecule has 1 saturated heterocycles. The standard InChI is InChI=1S/C19H21F3N2O3/c1-11-3-4-15-14(7-11)16(25)8-17(19(20,21)22)24(15)9-12(2)23-18(26)13-5-6-27-10-13/h3-4,7-8,12-13H,5-6,9-10H2,1-2H3,(H,23,26)/t12-,13?/m1/s1. The number of nitrogens with one attached hydrogen (secondary N) is 1. The molecule has 2 aromatic rings. The zero-order valence-corrected chi connectivity index (χ0v) is 15.1. The van der Waals surface area contributed by atoms with E-state index in [2.05, 4.69) is 5.32 Å². The molecule has 1 amide bonds. The highest BCUT2D eigenvalue weighted by molar-refractivity contribution is 5.81. The van der Waals surface area contributed by atoms with Crippen molar-refractivity contribution in [1.82, 2.24) is 9.88 Å². The van der Waals surface area contributed by atoms with Crippen molar-refractivity contribution in [3.63, 3.8) is 0 Å². The fourth-order valence-corrected chi connectivity index (χ4v) is 3.35. The van der Waals surface area contributed by atoms with E-state index in [4.69, 9.17) is 4.74 Å². The number of carbonyl (C=O) groups excluding carboxylic acids is 1. The molecule has 3 rings (SSSR count). The molecule has 0 saturated carbocycles. The number of alkyl halides is 3. The van der Waals surface area contributed by atoms with Gasteiger partial charge >= 0.3 is 6.18 Å². The van der Waals surface area contributed by atoms with Crippen molar-refractivity contribution in [2.45, 2.75) is 39.0 Å². The molecule has 1 unspecified atom stereocenters. The van der Waals surface area contributed by atoms with Crippen LogP contribution in [-0.4, -0.2) is 29.7 Å². The number of aryl methyl sites for hydroxylation is 1. The van der Waals surface area contributed by atoms with Gasteiger partial charge in [0, 0.05) is 30.6 Å². The van der Waals surface area contributed by atoms with Crippen LogP contribution in [0.25, 0.3) is 10.9 Å². The summed E-state index contributed by atoms with van der Waals surface area (Å²) in [7, 11) is 0. The van der Waals surface area contributed by atoms with Crippen molar-refractivity contribution in [3.8, 4) is 0 Å². The first kappa shape index (κ1) is 19.4. The van der Waals surface area contributed by atoms with Crippen LogP contribution >= 0.6 is 0 Å². The predicted octanol–water partition coefficient (Wildman–Crippen LogP) is 2.87. The van der Waals surface area contributed by atoms with Gasteiger partial charge < -0.3 is 14.6 Å². The highest BCUT2D eigenvalue weighted by Gasteiger charge is 2.35. The Hall–Kier alpha value is -2.35. The topological polar surface area (TPSA) is 60.3 Å². The van der Waals surface area contributed by atoms with Crippen LogP contribution in [0.3, 0.4) is 0 Å². The Kier molecular flexibility index (Phi) is 5.28. The third-order valence-electron chi connectivity index (χ3n) is 4.70. The zero-order chi connectivity index (χ0) is 19.8. The van der Waals surface area contributed by atoms with E-state index in [0.29, 0.717) is 25.7 Å². The Bertz CT molecular complexity index is 915. The van der Waals surface area contributed by atoms with E-state index in [0.717, 1.165) is 10.1 Å². The van der Waals surface area contributed by atoms with E-state index in [-0.39, 0.29) is 29.3 Å². The van der Waals surface area contributed by atoms with Gasteiger partial charge in [0.1, 0.15) is 5.69 Å². The number of pyridine rings is 1. The summed E-state index contributed by atoms with van der Waals surface area (Å²) >= 11 is 0. The molecule has 0 radical (unpaired) electrons. The van der Waals surface area contributed by atoms with Crippen LogP contribution in [0.2, 0.25) is 0 Å². The van der Waals surface area contributed by atoms with Gasteiger partial charge in [-0.25, -0.2) is 0 Å². The second-order valence-corrected chi connectivity index (χ2v) is 6.99. The second-order valence-electron chi connectivity index (χ2n) is 6.99.